The summed E-state index contributed by atoms with van der Waals surface area (Å²) in [6, 6.07) is 146. The lowest BCUT2D eigenvalue weighted by Crippen LogP contribution is -2.49. The van der Waals surface area contributed by atoms with Crippen molar-refractivity contribution in [3.8, 4) is 130 Å². The van der Waals surface area contributed by atoms with Crippen LogP contribution in [0.2, 0.25) is 13.1 Å². The minimum atomic E-state index is -2.06. The summed E-state index contributed by atoms with van der Waals surface area (Å²) in [4.78, 5) is 39.1. The Morgan fingerprint density at radius 3 is 1.22 bits per heavy atom. The monoisotopic (exact) mass is 1730 g/mol. The Morgan fingerprint density at radius 1 is 0.231 bits per heavy atom. The molecule has 630 valence electrons. The maximum absolute atomic E-state index is 6.65. The number of hydrogen-bond donors (Lipinski definition) is 0. The molecule has 10 aromatic heterocycles. The van der Waals surface area contributed by atoms with Crippen molar-refractivity contribution in [1.29, 1.82) is 0 Å². The van der Waals surface area contributed by atoms with Crippen LogP contribution in [0.5, 0.6) is 0 Å². The molecule has 27 rings (SSSR count). The van der Waals surface area contributed by atoms with E-state index in [2.05, 4.69) is 328 Å². The lowest BCUT2D eigenvalue weighted by atomic mass is 9.98. The first kappa shape index (κ1) is 78.5. The Morgan fingerprint density at radius 2 is 0.664 bits per heavy atom. The minimum absolute atomic E-state index is 0.660. The van der Waals surface area contributed by atoms with Crippen molar-refractivity contribution in [2.24, 2.45) is 0 Å². The zero-order chi connectivity index (χ0) is 88.9. The van der Waals surface area contributed by atoms with Crippen LogP contribution in [-0.2, 0) is 0 Å². The summed E-state index contributed by atoms with van der Waals surface area (Å²) in [5.74, 6) is 2.90. The van der Waals surface area contributed by atoms with Gasteiger partial charge in [-0.05, 0) is 202 Å². The second-order valence-corrected chi connectivity index (χ2v) is 38.7. The summed E-state index contributed by atoms with van der Waals surface area (Å²) < 4.78 is 20.1. The van der Waals surface area contributed by atoms with E-state index in [1.54, 1.807) is 12.4 Å². The lowest BCUT2D eigenvalue weighted by Gasteiger charge is -2.20. The molecule has 0 unspecified atom stereocenters. The summed E-state index contributed by atoms with van der Waals surface area (Å²) in [6.07, 6.45) is 7.44. The predicted octanol–water partition coefficient (Wildman–Crippen LogP) is 29.1. The highest BCUT2D eigenvalue weighted by Gasteiger charge is 2.41. The Balaban J connectivity index is 0.000000108. The normalized spacial score (nSPS) is 12.2. The third kappa shape index (κ3) is 13.5. The lowest BCUT2D eigenvalue weighted by molar-refractivity contribution is 0.672. The molecule has 13 nitrogen and oxygen atoms in total. The van der Waals surface area contributed by atoms with Crippen LogP contribution in [-0.4, -0.2) is 61.6 Å². The molecule has 0 saturated heterocycles. The molecule has 26 aromatic rings. The van der Waals surface area contributed by atoms with Gasteiger partial charge in [0.1, 0.15) is 36.2 Å². The molecule has 0 aliphatic carbocycles. The maximum Gasteiger partial charge on any atom is 0.160 e. The molecule has 0 fully saturated rings. The third-order valence-electron chi connectivity index (χ3n) is 26.2. The number of pyridine rings is 2. The fourth-order valence-corrected chi connectivity index (χ4v) is 23.4. The molecule has 0 amide bonds. The maximum atomic E-state index is 6.65. The van der Waals surface area contributed by atoms with Gasteiger partial charge in [-0.2, -0.15) is 0 Å². The van der Waals surface area contributed by atoms with Crippen molar-refractivity contribution in [2.45, 2.75) is 13.1 Å². The molecule has 134 heavy (non-hydrogen) atoms. The topological polar surface area (TPSA) is 144 Å². The van der Waals surface area contributed by atoms with Crippen molar-refractivity contribution >= 4 is 128 Å². The fourth-order valence-electron chi connectivity index (χ4n) is 20.0. The first-order chi connectivity index (χ1) is 66.2. The molecule has 0 saturated carbocycles. The van der Waals surface area contributed by atoms with Gasteiger partial charge in [-0.3, -0.25) is 9.55 Å². The van der Waals surface area contributed by atoms with Gasteiger partial charge < -0.3 is 18.0 Å². The predicted molar refractivity (Wildman–Crippen MR) is 550 cm³/mol. The van der Waals surface area contributed by atoms with E-state index in [0.717, 1.165) is 178 Å². The number of hydrogen-bond acceptors (Lipinski definition) is 10. The van der Waals surface area contributed by atoms with Crippen LogP contribution < -0.4 is 10.4 Å². The van der Waals surface area contributed by atoms with E-state index >= 15 is 0 Å². The third-order valence-corrected chi connectivity index (χ3v) is 29.8. The van der Waals surface area contributed by atoms with Crippen molar-refractivity contribution in [3.05, 3.63) is 443 Å². The van der Waals surface area contributed by atoms with E-state index < -0.39 is 8.07 Å². The Kier molecular flexibility index (Phi) is 19.0. The molecule has 0 bridgehead atoms. The minimum Gasteiger partial charge on any atom is -0.455 e. The van der Waals surface area contributed by atoms with Crippen molar-refractivity contribution in [3.63, 3.8) is 0 Å². The highest BCUT2D eigenvalue weighted by atomic mass is 28.3. The number of aromatic nitrogens is 11. The van der Waals surface area contributed by atoms with Gasteiger partial charge >= 0.3 is 0 Å². The molecule has 0 atom stereocenters. The standard InChI is InChI=1S/C45H28N4O.C42H31N3Si.C33H20N4O/c1-4-13-29(14-5-1)36-20-12-22-42(46-36)49-39-25-23-32(27-35(39)43-40(49)26-24-34-33-19-10-11-21-41(33)50-44(34)43)45-47-37(30-15-6-2-7-16-30)28-38(48-45)31-17-8-3-9-18-31;1-46(2)39-23-19-30(28-12-6-3-7-13-28)24-35(39)34-20-22-38-40(41(34)46)36-25-31(18-21-37(36)45(38)33-16-10-5-11-17-33)42-43-26-32(27-44-42)29-14-8-4-9-15-29;1-2-8-22(9-3-1)37-28-15-13-21(33-35-19-17-27(36-33)26-11-6-7-18-34-26)20-25(28)31-29(37)16-14-24-23-10-4-5-12-30(23)38-32(24)31/h1-28H;3-27H,1-2H3;1-20H. The quantitative estimate of drug-likeness (QED) is 0.108. The molecule has 14 heteroatoms. The Labute approximate surface area is 771 Å². The summed E-state index contributed by atoms with van der Waals surface area (Å²) in [5, 5.41) is 14.3. The van der Waals surface area contributed by atoms with Gasteiger partial charge in [0.15, 0.2) is 17.5 Å². The first-order valence-electron chi connectivity index (χ1n) is 45.1. The van der Waals surface area contributed by atoms with Crippen LogP contribution in [0, 0.1) is 0 Å². The van der Waals surface area contributed by atoms with E-state index in [-0.39, 0.29) is 0 Å². The summed E-state index contributed by atoms with van der Waals surface area (Å²) in [6.45, 7) is 5.03. The highest BCUT2D eigenvalue weighted by molar-refractivity contribution is 7.05. The van der Waals surface area contributed by atoms with Gasteiger partial charge in [0, 0.05) is 118 Å². The van der Waals surface area contributed by atoms with Crippen LogP contribution in [0.4, 0.5) is 0 Å². The highest BCUT2D eigenvalue weighted by Crippen LogP contribution is 2.47. The molecular weight excluding hydrogens is 1660 g/mol. The Bertz CT molecular complexity index is 9000. The van der Waals surface area contributed by atoms with Gasteiger partial charge in [-0.25, -0.2) is 34.9 Å². The van der Waals surface area contributed by atoms with Crippen LogP contribution in [0.15, 0.2) is 452 Å². The van der Waals surface area contributed by atoms with E-state index in [0.29, 0.717) is 11.6 Å². The number of nitrogens with zero attached hydrogens (tertiary/aromatic N) is 11. The van der Waals surface area contributed by atoms with E-state index in [1.807, 2.05) is 140 Å². The number of rotatable bonds is 12. The fraction of sp³-hybridized carbons (Fsp3) is 0.0167. The van der Waals surface area contributed by atoms with E-state index in [1.165, 1.54) is 60.1 Å². The summed E-state index contributed by atoms with van der Waals surface area (Å²) in [7, 11) is -2.06. The van der Waals surface area contributed by atoms with E-state index in [4.69, 9.17) is 38.7 Å². The molecule has 11 heterocycles. The number of furan rings is 2. The van der Waals surface area contributed by atoms with Gasteiger partial charge in [-0.15, -0.1) is 0 Å². The summed E-state index contributed by atoms with van der Waals surface area (Å²) in [5.41, 5.74) is 30.2. The van der Waals surface area contributed by atoms with Crippen LogP contribution in [0.1, 0.15) is 0 Å². The first-order valence-corrected chi connectivity index (χ1v) is 48.1. The molecule has 0 radical (unpaired) electrons. The van der Waals surface area contributed by atoms with Crippen LogP contribution in [0.25, 0.3) is 239 Å². The molecule has 1 aliphatic rings. The van der Waals surface area contributed by atoms with Gasteiger partial charge in [0.05, 0.1) is 72.3 Å². The molecular formula is C120H79N11O2Si. The molecule has 1 aliphatic heterocycles. The number of benzene rings is 16. The van der Waals surface area contributed by atoms with Gasteiger partial charge in [-0.1, -0.05) is 268 Å². The second-order valence-electron chi connectivity index (χ2n) is 34.5. The van der Waals surface area contributed by atoms with Crippen LogP contribution in [0.3, 0.4) is 0 Å². The number of para-hydroxylation sites is 4. The summed E-state index contributed by atoms with van der Waals surface area (Å²) >= 11 is 0. The van der Waals surface area contributed by atoms with E-state index in [9.17, 15) is 0 Å². The second kappa shape index (κ2) is 32.5. The smallest absolute Gasteiger partial charge is 0.160 e. The molecule has 0 spiro atoms. The zero-order valence-electron chi connectivity index (χ0n) is 72.9. The molecule has 16 aromatic carbocycles. The van der Waals surface area contributed by atoms with Crippen molar-refractivity contribution in [2.75, 3.05) is 0 Å². The Hall–Kier alpha value is -17.7. The number of fused-ring (bicyclic) bond motifs is 21. The SMILES string of the molecule is C[Si]1(C)c2ccc(-c3ccccc3)cc2-c2ccc3c(c21)c1cc(-c2ncc(-c4ccccc4)cn2)ccc1n3-c1ccccc1.c1ccc(-c2cccc(-n3c4ccc(-c5nc(-c6ccccc6)cc(-c6ccccc6)n5)cc4c4c5oc6ccccc6c5ccc43)n2)cc1.c1ccc(-n2c3ccc(-c4nccc(-c5ccccn5)n4)cc3c3c4oc5ccccc5c4ccc32)cc1. The van der Waals surface area contributed by atoms with Gasteiger partial charge in [0.2, 0.25) is 0 Å². The van der Waals surface area contributed by atoms with Gasteiger partial charge in [0.25, 0.3) is 0 Å². The molecule has 0 N–H and O–H groups in total. The average molecular weight is 1740 g/mol. The largest absolute Gasteiger partial charge is 0.455 e. The zero-order valence-corrected chi connectivity index (χ0v) is 73.9. The van der Waals surface area contributed by atoms with Crippen molar-refractivity contribution in [1.82, 2.24) is 53.6 Å². The van der Waals surface area contributed by atoms with Crippen molar-refractivity contribution < 1.29 is 8.83 Å². The average Bonchev–Trinajstić information content (AvgIpc) is 1.53. The van der Waals surface area contributed by atoms with Crippen LogP contribution >= 0.6 is 0 Å².